The van der Waals surface area contributed by atoms with Crippen LogP contribution in [-0.2, 0) is 0 Å². The van der Waals surface area contributed by atoms with E-state index in [2.05, 4.69) is 15.6 Å². The first-order valence-electron chi connectivity index (χ1n) is 8.16. The molecule has 7 heteroatoms. The van der Waals surface area contributed by atoms with E-state index in [-0.39, 0.29) is 0 Å². The number of rotatable bonds is 7. The van der Waals surface area contributed by atoms with E-state index in [1.807, 2.05) is 61.5 Å². The van der Waals surface area contributed by atoms with Gasteiger partial charge in [0.2, 0.25) is 0 Å². The molecule has 4 N–H and O–H groups in total. The number of hydrogen-bond donors (Lipinski definition) is 3. The molecule has 0 atom stereocenters. The number of carbonyl (C=O) groups is 1. The summed E-state index contributed by atoms with van der Waals surface area (Å²) < 4.78 is 11.3. The SMILES string of the molecule is Cc1c(-c2ccc(OCCOc3ccccc3)cc2)n[nH]c1C(=O)NN. The molecule has 0 saturated heterocycles. The molecule has 0 radical (unpaired) electrons. The van der Waals surface area contributed by atoms with Gasteiger partial charge >= 0.3 is 0 Å². The minimum atomic E-state index is -0.403. The number of nitrogens with one attached hydrogen (secondary N) is 2. The van der Waals surface area contributed by atoms with E-state index < -0.39 is 5.91 Å². The third kappa shape index (κ3) is 4.01. The summed E-state index contributed by atoms with van der Waals surface area (Å²) in [6, 6.07) is 17.1. The zero-order valence-corrected chi connectivity index (χ0v) is 14.4. The summed E-state index contributed by atoms with van der Waals surface area (Å²) in [5.41, 5.74) is 4.75. The Balaban J connectivity index is 1.57. The molecule has 0 aliphatic rings. The number of ether oxygens (including phenoxy) is 2. The third-order valence-electron chi connectivity index (χ3n) is 3.86. The number of nitrogens with two attached hydrogens (primary N) is 1. The topological polar surface area (TPSA) is 102 Å². The Morgan fingerprint density at radius 2 is 1.65 bits per heavy atom. The Labute approximate surface area is 151 Å². The second-order valence-electron chi connectivity index (χ2n) is 5.58. The molecule has 26 heavy (non-hydrogen) atoms. The summed E-state index contributed by atoms with van der Waals surface area (Å²) in [4.78, 5) is 11.6. The number of aromatic nitrogens is 2. The van der Waals surface area contributed by atoms with Gasteiger partial charge in [0.25, 0.3) is 5.91 Å². The lowest BCUT2D eigenvalue weighted by atomic mass is 10.1. The van der Waals surface area contributed by atoms with Gasteiger partial charge in [0.1, 0.15) is 30.4 Å². The van der Waals surface area contributed by atoms with E-state index in [1.165, 1.54) is 0 Å². The second kappa shape index (κ2) is 8.17. The smallest absolute Gasteiger partial charge is 0.283 e. The fourth-order valence-electron chi connectivity index (χ4n) is 2.52. The number of aromatic amines is 1. The molecule has 1 heterocycles. The number of carbonyl (C=O) groups excluding carboxylic acids is 1. The predicted molar refractivity (Wildman–Crippen MR) is 97.8 cm³/mol. The Morgan fingerprint density at radius 3 is 2.27 bits per heavy atom. The molecule has 7 nitrogen and oxygen atoms in total. The minimum Gasteiger partial charge on any atom is -0.490 e. The second-order valence-corrected chi connectivity index (χ2v) is 5.58. The lowest BCUT2D eigenvalue weighted by Crippen LogP contribution is -2.30. The maximum Gasteiger partial charge on any atom is 0.283 e. The van der Waals surface area contributed by atoms with Crippen molar-refractivity contribution in [2.45, 2.75) is 6.92 Å². The summed E-state index contributed by atoms with van der Waals surface area (Å²) in [6.07, 6.45) is 0. The number of H-pyrrole nitrogens is 1. The van der Waals surface area contributed by atoms with Gasteiger partial charge in [-0.05, 0) is 43.3 Å². The molecular weight excluding hydrogens is 332 g/mol. The molecule has 0 bridgehead atoms. The molecule has 3 aromatic rings. The first kappa shape index (κ1) is 17.5. The maximum atomic E-state index is 11.6. The van der Waals surface area contributed by atoms with Crippen LogP contribution < -0.4 is 20.7 Å². The molecule has 2 aromatic carbocycles. The molecule has 0 fully saturated rings. The Kier molecular flexibility index (Phi) is 5.50. The lowest BCUT2D eigenvalue weighted by Gasteiger charge is -2.08. The van der Waals surface area contributed by atoms with Crippen LogP contribution >= 0.6 is 0 Å². The number of nitrogens with zero attached hydrogens (tertiary/aromatic N) is 1. The maximum absolute atomic E-state index is 11.6. The van der Waals surface area contributed by atoms with Crippen molar-refractivity contribution in [3.8, 4) is 22.8 Å². The van der Waals surface area contributed by atoms with Crippen molar-refractivity contribution in [2.24, 2.45) is 5.84 Å². The number of hydrazine groups is 1. The predicted octanol–water partition coefficient (Wildman–Crippen LogP) is 2.45. The molecule has 0 saturated carbocycles. The molecule has 0 aliphatic heterocycles. The highest BCUT2D eigenvalue weighted by Gasteiger charge is 2.16. The number of hydrogen-bond acceptors (Lipinski definition) is 5. The van der Waals surface area contributed by atoms with Gasteiger partial charge in [-0.1, -0.05) is 18.2 Å². The zero-order valence-electron chi connectivity index (χ0n) is 14.4. The summed E-state index contributed by atoms with van der Waals surface area (Å²) in [5.74, 6) is 6.31. The van der Waals surface area contributed by atoms with E-state index >= 15 is 0 Å². The first-order chi connectivity index (χ1) is 12.7. The lowest BCUT2D eigenvalue weighted by molar-refractivity contribution is 0.0948. The number of nitrogen functional groups attached to an aromatic ring is 1. The number of para-hydroxylation sites is 1. The summed E-state index contributed by atoms with van der Waals surface area (Å²) in [6.45, 7) is 2.72. The van der Waals surface area contributed by atoms with Crippen LogP contribution in [0.25, 0.3) is 11.3 Å². The van der Waals surface area contributed by atoms with E-state index in [4.69, 9.17) is 15.3 Å². The fourth-order valence-corrected chi connectivity index (χ4v) is 2.52. The van der Waals surface area contributed by atoms with Gasteiger partial charge in [-0.2, -0.15) is 5.10 Å². The van der Waals surface area contributed by atoms with Gasteiger partial charge < -0.3 is 9.47 Å². The molecule has 1 aromatic heterocycles. The quantitative estimate of drug-likeness (QED) is 0.262. The van der Waals surface area contributed by atoms with E-state index in [1.54, 1.807) is 0 Å². The Morgan fingerprint density at radius 1 is 1.04 bits per heavy atom. The molecule has 0 unspecified atom stereocenters. The van der Waals surface area contributed by atoms with Crippen LogP contribution in [0, 0.1) is 6.92 Å². The Bertz CT molecular complexity index is 860. The van der Waals surface area contributed by atoms with Gasteiger partial charge in [0.15, 0.2) is 0 Å². The normalized spacial score (nSPS) is 10.4. The van der Waals surface area contributed by atoms with Gasteiger partial charge in [-0.15, -0.1) is 0 Å². The standard InChI is InChI=1S/C19H20N4O3/c1-13-17(22-23-18(13)19(24)21-20)14-7-9-16(10-8-14)26-12-11-25-15-5-3-2-4-6-15/h2-10H,11-12,20H2,1H3,(H,21,24)(H,22,23). The van der Waals surface area contributed by atoms with Crippen LogP contribution in [0.3, 0.4) is 0 Å². The van der Waals surface area contributed by atoms with Gasteiger partial charge in [0.05, 0.1) is 5.69 Å². The average Bonchev–Trinajstić information content (AvgIpc) is 3.07. The van der Waals surface area contributed by atoms with Crippen molar-refractivity contribution >= 4 is 5.91 Å². The number of amides is 1. The van der Waals surface area contributed by atoms with Crippen LogP contribution in [0.5, 0.6) is 11.5 Å². The van der Waals surface area contributed by atoms with Crippen LogP contribution in [0.2, 0.25) is 0 Å². The van der Waals surface area contributed by atoms with Crippen molar-refractivity contribution in [1.82, 2.24) is 15.6 Å². The summed E-state index contributed by atoms with van der Waals surface area (Å²) >= 11 is 0. The molecule has 1 amide bonds. The third-order valence-corrected chi connectivity index (χ3v) is 3.86. The first-order valence-corrected chi connectivity index (χ1v) is 8.16. The molecule has 134 valence electrons. The van der Waals surface area contributed by atoms with Crippen LogP contribution in [0.4, 0.5) is 0 Å². The highest BCUT2D eigenvalue weighted by atomic mass is 16.5. The fraction of sp³-hybridized carbons (Fsp3) is 0.158. The highest BCUT2D eigenvalue weighted by molar-refractivity contribution is 5.94. The largest absolute Gasteiger partial charge is 0.490 e. The summed E-state index contributed by atoms with van der Waals surface area (Å²) in [5, 5.41) is 6.90. The minimum absolute atomic E-state index is 0.348. The molecule has 3 rings (SSSR count). The summed E-state index contributed by atoms with van der Waals surface area (Å²) in [7, 11) is 0. The van der Waals surface area contributed by atoms with Crippen molar-refractivity contribution in [2.75, 3.05) is 13.2 Å². The van der Waals surface area contributed by atoms with Crippen molar-refractivity contribution in [3.63, 3.8) is 0 Å². The van der Waals surface area contributed by atoms with E-state index in [0.717, 1.165) is 22.6 Å². The van der Waals surface area contributed by atoms with Crippen LogP contribution in [-0.4, -0.2) is 29.3 Å². The molecule has 0 aliphatic carbocycles. The Hall–Kier alpha value is -3.32. The van der Waals surface area contributed by atoms with Crippen LogP contribution in [0.15, 0.2) is 54.6 Å². The molecule has 0 spiro atoms. The average molecular weight is 352 g/mol. The van der Waals surface area contributed by atoms with Crippen molar-refractivity contribution in [1.29, 1.82) is 0 Å². The van der Waals surface area contributed by atoms with Gasteiger partial charge in [-0.25, -0.2) is 5.84 Å². The monoisotopic (exact) mass is 352 g/mol. The number of benzene rings is 2. The van der Waals surface area contributed by atoms with Crippen molar-refractivity contribution < 1.29 is 14.3 Å². The van der Waals surface area contributed by atoms with Gasteiger partial charge in [-0.3, -0.25) is 15.3 Å². The van der Waals surface area contributed by atoms with E-state index in [9.17, 15) is 4.79 Å². The molecular formula is C19H20N4O3. The van der Waals surface area contributed by atoms with Crippen LogP contribution in [0.1, 0.15) is 16.1 Å². The highest BCUT2D eigenvalue weighted by Crippen LogP contribution is 2.25. The zero-order chi connectivity index (χ0) is 18.4. The van der Waals surface area contributed by atoms with Gasteiger partial charge in [0, 0.05) is 11.1 Å². The van der Waals surface area contributed by atoms with Crippen molar-refractivity contribution in [3.05, 3.63) is 65.9 Å². The van der Waals surface area contributed by atoms with E-state index in [0.29, 0.717) is 24.6 Å².